The summed E-state index contributed by atoms with van der Waals surface area (Å²) in [5.41, 5.74) is 6.10. The summed E-state index contributed by atoms with van der Waals surface area (Å²) in [6.45, 7) is 1.89. The van der Waals surface area contributed by atoms with Crippen LogP contribution in [0.1, 0.15) is 16.8 Å². The van der Waals surface area contributed by atoms with E-state index in [1.54, 1.807) is 24.3 Å². The first-order valence-corrected chi connectivity index (χ1v) is 7.78. The number of aromatic nitrogens is 2. The molecule has 8 heteroatoms. The topological polar surface area (TPSA) is 129 Å². The molecule has 0 aliphatic heterocycles. The van der Waals surface area contributed by atoms with Gasteiger partial charge in [-0.2, -0.15) is 0 Å². The Kier molecular flexibility index (Phi) is 5.19. The van der Waals surface area contributed by atoms with Gasteiger partial charge in [0.2, 0.25) is 5.91 Å². The van der Waals surface area contributed by atoms with Crippen LogP contribution in [-0.4, -0.2) is 31.8 Å². The smallest absolute Gasteiger partial charge is 0.251 e. The molecule has 0 saturated carbocycles. The summed E-state index contributed by atoms with van der Waals surface area (Å²) in [6.07, 6.45) is -0.260. The van der Waals surface area contributed by atoms with Gasteiger partial charge in [0, 0.05) is 18.1 Å². The summed E-state index contributed by atoms with van der Waals surface area (Å²) in [7, 11) is 0. The van der Waals surface area contributed by atoms with Gasteiger partial charge in [-0.15, -0.1) is 0 Å². The molecule has 122 valence electrons. The maximum Gasteiger partial charge on any atom is 0.251 e. The maximum absolute atomic E-state index is 11.6. The molecule has 1 aromatic heterocycles. The zero-order valence-electron chi connectivity index (χ0n) is 12.4. The van der Waals surface area contributed by atoms with Gasteiger partial charge in [0.15, 0.2) is 10.9 Å². The van der Waals surface area contributed by atoms with E-state index >= 15 is 0 Å². The Morgan fingerprint density at radius 1 is 1.35 bits per heavy atom. The van der Waals surface area contributed by atoms with E-state index in [0.29, 0.717) is 5.56 Å². The molecule has 0 saturated heterocycles. The fourth-order valence-corrected chi connectivity index (χ4v) is 2.59. The zero-order valence-corrected chi connectivity index (χ0v) is 13.3. The number of aromatic amines is 1. The van der Waals surface area contributed by atoms with Gasteiger partial charge in [-0.25, -0.2) is 4.98 Å². The second kappa shape index (κ2) is 6.95. The van der Waals surface area contributed by atoms with Crippen LogP contribution in [0.25, 0.3) is 0 Å². The summed E-state index contributed by atoms with van der Waals surface area (Å²) < 4.78 is 0. The third-order valence-electron chi connectivity index (χ3n) is 3.07. The lowest BCUT2D eigenvalue weighted by Crippen LogP contribution is -2.29. The number of primary amides is 1. The highest BCUT2D eigenvalue weighted by molar-refractivity contribution is 7.99. The van der Waals surface area contributed by atoms with Gasteiger partial charge >= 0.3 is 0 Å². The molecule has 1 amide bonds. The monoisotopic (exact) mass is 335 g/mol. The molecule has 0 aliphatic carbocycles. The van der Waals surface area contributed by atoms with E-state index in [2.05, 4.69) is 9.97 Å². The number of nitrogens with one attached hydrogen (secondary N) is 1. The first kappa shape index (κ1) is 17.2. The van der Waals surface area contributed by atoms with Crippen molar-refractivity contribution < 1.29 is 15.0 Å². The van der Waals surface area contributed by atoms with Gasteiger partial charge in [0.1, 0.15) is 0 Å². The van der Waals surface area contributed by atoms with Crippen molar-refractivity contribution in [1.29, 1.82) is 0 Å². The molecule has 1 heterocycles. The standard InChI is InChI=1S/C15H17N3O4S/c1-9-2-4-10(5-3-9)15(21,22)7-11-6-13(20)18-14(17-11)23-8-12(16)19/h2-6,21-22H,7-8H2,1H3,(H2,16,19)(H,17,18,20). The molecular weight excluding hydrogens is 318 g/mol. The van der Waals surface area contributed by atoms with E-state index in [4.69, 9.17) is 5.73 Å². The summed E-state index contributed by atoms with van der Waals surface area (Å²) in [5.74, 6) is -2.73. The Balaban J connectivity index is 2.22. The van der Waals surface area contributed by atoms with Crippen molar-refractivity contribution in [3.8, 4) is 0 Å². The lowest BCUT2D eigenvalue weighted by Gasteiger charge is -2.22. The number of H-pyrrole nitrogens is 1. The minimum atomic E-state index is -2.15. The number of rotatable bonds is 6. The fourth-order valence-electron chi connectivity index (χ4n) is 1.96. The van der Waals surface area contributed by atoms with Crippen LogP contribution in [0, 0.1) is 6.92 Å². The maximum atomic E-state index is 11.6. The van der Waals surface area contributed by atoms with Crippen molar-refractivity contribution in [2.45, 2.75) is 24.3 Å². The van der Waals surface area contributed by atoms with Crippen LogP contribution < -0.4 is 11.3 Å². The molecule has 23 heavy (non-hydrogen) atoms. The lowest BCUT2D eigenvalue weighted by molar-refractivity contribution is -0.168. The number of carbonyl (C=O) groups is 1. The first-order chi connectivity index (χ1) is 10.8. The van der Waals surface area contributed by atoms with E-state index in [9.17, 15) is 19.8 Å². The second-order valence-corrected chi connectivity index (χ2v) is 6.12. The Morgan fingerprint density at radius 3 is 2.61 bits per heavy atom. The normalized spacial score (nSPS) is 11.4. The molecule has 0 spiro atoms. The number of amides is 1. The first-order valence-electron chi connectivity index (χ1n) is 6.79. The van der Waals surface area contributed by atoms with Gasteiger partial charge < -0.3 is 20.9 Å². The van der Waals surface area contributed by atoms with Gasteiger partial charge in [-0.3, -0.25) is 9.59 Å². The van der Waals surface area contributed by atoms with E-state index in [-0.39, 0.29) is 23.0 Å². The van der Waals surface area contributed by atoms with Crippen molar-refractivity contribution in [2.24, 2.45) is 5.73 Å². The average Bonchev–Trinajstić information content (AvgIpc) is 2.44. The molecule has 5 N–H and O–H groups in total. The Bertz CT molecular complexity index is 756. The fraction of sp³-hybridized carbons (Fsp3) is 0.267. The van der Waals surface area contributed by atoms with E-state index < -0.39 is 17.3 Å². The molecule has 0 fully saturated rings. The number of carbonyl (C=O) groups excluding carboxylic acids is 1. The van der Waals surface area contributed by atoms with Crippen LogP contribution >= 0.6 is 11.8 Å². The number of aliphatic hydroxyl groups is 2. The second-order valence-electron chi connectivity index (χ2n) is 5.16. The van der Waals surface area contributed by atoms with Crippen LogP contribution in [0.4, 0.5) is 0 Å². The van der Waals surface area contributed by atoms with Crippen molar-refractivity contribution >= 4 is 17.7 Å². The van der Waals surface area contributed by atoms with E-state index in [1.165, 1.54) is 6.07 Å². The molecule has 2 aromatic rings. The number of benzene rings is 1. The number of hydrogen-bond acceptors (Lipinski definition) is 6. The molecule has 0 radical (unpaired) electrons. The zero-order chi connectivity index (χ0) is 17.0. The molecule has 0 unspecified atom stereocenters. The largest absolute Gasteiger partial charge is 0.369 e. The highest BCUT2D eigenvalue weighted by Crippen LogP contribution is 2.23. The summed E-state index contributed by atoms with van der Waals surface area (Å²) in [5, 5.41) is 20.7. The summed E-state index contributed by atoms with van der Waals surface area (Å²) in [6, 6.07) is 7.91. The Hall–Kier alpha value is -2.16. The van der Waals surface area contributed by atoms with Crippen LogP contribution in [0.3, 0.4) is 0 Å². The highest BCUT2D eigenvalue weighted by atomic mass is 32.2. The Morgan fingerprint density at radius 2 is 2.00 bits per heavy atom. The van der Waals surface area contributed by atoms with Gasteiger partial charge in [0.25, 0.3) is 5.56 Å². The van der Waals surface area contributed by atoms with Crippen molar-refractivity contribution in [3.63, 3.8) is 0 Å². The molecule has 1 aromatic carbocycles. The highest BCUT2D eigenvalue weighted by Gasteiger charge is 2.27. The van der Waals surface area contributed by atoms with Gasteiger partial charge in [0.05, 0.1) is 11.4 Å². The predicted octanol–water partition coefficient (Wildman–Crippen LogP) is 0.0358. The summed E-state index contributed by atoms with van der Waals surface area (Å²) in [4.78, 5) is 29.0. The number of aryl methyl sites for hydroxylation is 1. The number of thioether (sulfide) groups is 1. The lowest BCUT2D eigenvalue weighted by atomic mass is 10.00. The molecular formula is C15H17N3O4S. The van der Waals surface area contributed by atoms with Crippen molar-refractivity contribution in [3.05, 3.63) is 57.5 Å². The van der Waals surface area contributed by atoms with Crippen molar-refractivity contribution in [1.82, 2.24) is 9.97 Å². The minimum Gasteiger partial charge on any atom is -0.369 e. The third-order valence-corrected chi connectivity index (χ3v) is 3.96. The van der Waals surface area contributed by atoms with Crippen LogP contribution in [0.2, 0.25) is 0 Å². The van der Waals surface area contributed by atoms with E-state index in [0.717, 1.165) is 17.3 Å². The quantitative estimate of drug-likeness (QED) is 0.335. The summed E-state index contributed by atoms with van der Waals surface area (Å²) >= 11 is 0.976. The van der Waals surface area contributed by atoms with E-state index in [1.807, 2.05) is 6.92 Å². The van der Waals surface area contributed by atoms with Crippen LogP contribution in [0.5, 0.6) is 0 Å². The SMILES string of the molecule is Cc1ccc(C(O)(O)Cc2cc(=O)[nH]c(SCC(N)=O)n2)cc1. The molecule has 0 bridgehead atoms. The van der Waals surface area contributed by atoms with Gasteiger partial charge in [-0.05, 0) is 6.92 Å². The molecule has 2 rings (SSSR count). The average molecular weight is 335 g/mol. The number of nitrogens with zero attached hydrogens (tertiary/aromatic N) is 1. The van der Waals surface area contributed by atoms with Crippen LogP contribution in [-0.2, 0) is 17.0 Å². The molecule has 0 atom stereocenters. The van der Waals surface area contributed by atoms with Gasteiger partial charge in [-0.1, -0.05) is 41.6 Å². The number of nitrogens with two attached hydrogens (primary N) is 1. The number of hydrogen-bond donors (Lipinski definition) is 4. The predicted molar refractivity (Wildman–Crippen MR) is 85.8 cm³/mol. The molecule has 0 aliphatic rings. The molecule has 7 nitrogen and oxygen atoms in total. The Labute approximate surface area is 136 Å². The van der Waals surface area contributed by atoms with Crippen molar-refractivity contribution in [2.75, 3.05) is 5.75 Å². The third kappa shape index (κ3) is 4.92. The minimum absolute atomic E-state index is 0.0340. The van der Waals surface area contributed by atoms with Crippen LogP contribution in [0.15, 0.2) is 40.3 Å².